The minimum Gasteiger partial charge on any atom is -0.322 e. The summed E-state index contributed by atoms with van der Waals surface area (Å²) in [5, 5.41) is 5.74. The number of halogens is 1. The molecule has 2 N–H and O–H groups in total. The average Bonchev–Trinajstić information content (AvgIpc) is 2.44. The Morgan fingerprint density at radius 3 is 2.50 bits per heavy atom. The second-order valence-corrected chi connectivity index (χ2v) is 4.66. The number of carbonyl (C=O) groups excluding carboxylic acids is 1. The molecule has 0 fully saturated rings. The number of hydrogen-bond donors (Lipinski definition) is 2. The van der Waals surface area contributed by atoms with Gasteiger partial charge in [0.15, 0.2) is 0 Å². The van der Waals surface area contributed by atoms with Gasteiger partial charge in [0.2, 0.25) is 0 Å². The van der Waals surface area contributed by atoms with Gasteiger partial charge in [0.25, 0.3) is 5.91 Å². The van der Waals surface area contributed by atoms with Crippen LogP contribution in [0.5, 0.6) is 0 Å². The molecule has 104 valence electrons. The zero-order valence-electron chi connectivity index (χ0n) is 11.5. The lowest BCUT2D eigenvalue weighted by Crippen LogP contribution is -2.14. The molecule has 0 saturated carbocycles. The lowest BCUT2D eigenvalue weighted by atomic mass is 10.1. The molecule has 2 aromatic carbocycles. The Morgan fingerprint density at radius 2 is 1.85 bits per heavy atom. The molecule has 2 rings (SSSR count). The van der Waals surface area contributed by atoms with Crippen molar-refractivity contribution in [2.75, 3.05) is 12.4 Å². The van der Waals surface area contributed by atoms with Crippen molar-refractivity contribution in [1.29, 1.82) is 0 Å². The molecule has 0 heterocycles. The van der Waals surface area contributed by atoms with Crippen molar-refractivity contribution in [2.45, 2.75) is 13.5 Å². The van der Waals surface area contributed by atoms with Crippen LogP contribution in [0.2, 0.25) is 0 Å². The highest BCUT2D eigenvalue weighted by molar-refractivity contribution is 6.04. The van der Waals surface area contributed by atoms with E-state index in [2.05, 4.69) is 10.6 Å². The predicted octanol–water partition coefficient (Wildman–Crippen LogP) is 3.11. The molecule has 0 aromatic heterocycles. The summed E-state index contributed by atoms with van der Waals surface area (Å²) < 4.78 is 13.6. The fourth-order valence-corrected chi connectivity index (χ4v) is 1.92. The van der Waals surface area contributed by atoms with Gasteiger partial charge < -0.3 is 10.6 Å². The van der Waals surface area contributed by atoms with Gasteiger partial charge in [-0.05, 0) is 43.8 Å². The van der Waals surface area contributed by atoms with Crippen molar-refractivity contribution in [3.05, 3.63) is 65.0 Å². The standard InChI is InChI=1S/C16H17FN2O/c1-11-3-8-15(17)14(9-11)16(20)19-13-6-4-12(5-7-13)10-18-2/h3-9,18H,10H2,1-2H3,(H,19,20). The Balaban J connectivity index is 2.13. The van der Waals surface area contributed by atoms with Gasteiger partial charge in [-0.2, -0.15) is 0 Å². The zero-order chi connectivity index (χ0) is 14.5. The lowest BCUT2D eigenvalue weighted by molar-refractivity contribution is 0.102. The highest BCUT2D eigenvalue weighted by Crippen LogP contribution is 2.14. The van der Waals surface area contributed by atoms with Crippen LogP contribution in [0.4, 0.5) is 10.1 Å². The largest absolute Gasteiger partial charge is 0.322 e. The van der Waals surface area contributed by atoms with Crippen LogP contribution in [0.3, 0.4) is 0 Å². The number of rotatable bonds is 4. The van der Waals surface area contributed by atoms with Crippen molar-refractivity contribution in [1.82, 2.24) is 5.32 Å². The van der Waals surface area contributed by atoms with E-state index >= 15 is 0 Å². The molecule has 0 saturated heterocycles. The molecule has 0 unspecified atom stereocenters. The minimum absolute atomic E-state index is 0.0595. The smallest absolute Gasteiger partial charge is 0.258 e. The summed E-state index contributed by atoms with van der Waals surface area (Å²) in [6, 6.07) is 11.9. The molecule has 20 heavy (non-hydrogen) atoms. The van der Waals surface area contributed by atoms with Crippen molar-refractivity contribution in [3.63, 3.8) is 0 Å². The van der Waals surface area contributed by atoms with Gasteiger partial charge in [-0.25, -0.2) is 4.39 Å². The third-order valence-electron chi connectivity index (χ3n) is 2.96. The van der Waals surface area contributed by atoms with E-state index in [9.17, 15) is 9.18 Å². The normalized spacial score (nSPS) is 10.3. The van der Waals surface area contributed by atoms with E-state index in [1.807, 2.05) is 26.1 Å². The van der Waals surface area contributed by atoms with E-state index in [0.717, 1.165) is 17.7 Å². The molecule has 4 heteroatoms. The van der Waals surface area contributed by atoms with E-state index in [-0.39, 0.29) is 5.56 Å². The van der Waals surface area contributed by atoms with Crippen molar-refractivity contribution in [3.8, 4) is 0 Å². The molecular weight excluding hydrogens is 255 g/mol. The second-order valence-electron chi connectivity index (χ2n) is 4.66. The van der Waals surface area contributed by atoms with Crippen LogP contribution < -0.4 is 10.6 Å². The zero-order valence-corrected chi connectivity index (χ0v) is 11.5. The summed E-state index contributed by atoms with van der Waals surface area (Å²) >= 11 is 0. The summed E-state index contributed by atoms with van der Waals surface area (Å²) in [7, 11) is 1.87. The maximum absolute atomic E-state index is 13.6. The van der Waals surface area contributed by atoms with E-state index in [4.69, 9.17) is 0 Å². The summed E-state index contributed by atoms with van der Waals surface area (Å²) in [5.74, 6) is -0.951. The van der Waals surface area contributed by atoms with E-state index < -0.39 is 11.7 Å². The summed E-state index contributed by atoms with van der Waals surface area (Å²) in [6.45, 7) is 2.59. The van der Waals surface area contributed by atoms with Gasteiger partial charge in [-0.1, -0.05) is 23.8 Å². The van der Waals surface area contributed by atoms with Gasteiger partial charge in [0, 0.05) is 12.2 Å². The summed E-state index contributed by atoms with van der Waals surface area (Å²) in [4.78, 5) is 12.0. The first-order valence-corrected chi connectivity index (χ1v) is 6.41. The van der Waals surface area contributed by atoms with E-state index in [1.165, 1.54) is 6.07 Å². The number of hydrogen-bond acceptors (Lipinski definition) is 2. The predicted molar refractivity (Wildman–Crippen MR) is 78.3 cm³/mol. The molecular formula is C16H17FN2O. The van der Waals surface area contributed by atoms with Gasteiger partial charge >= 0.3 is 0 Å². The Labute approximate surface area is 117 Å². The molecule has 0 aliphatic heterocycles. The lowest BCUT2D eigenvalue weighted by Gasteiger charge is -2.08. The van der Waals surface area contributed by atoms with Gasteiger partial charge in [-0.3, -0.25) is 4.79 Å². The quantitative estimate of drug-likeness (QED) is 0.898. The summed E-state index contributed by atoms with van der Waals surface area (Å²) in [5.41, 5.74) is 2.67. The Kier molecular flexibility index (Phi) is 4.48. The SMILES string of the molecule is CNCc1ccc(NC(=O)c2cc(C)ccc2F)cc1. The maximum atomic E-state index is 13.6. The van der Waals surface area contributed by atoms with Crippen molar-refractivity contribution >= 4 is 11.6 Å². The second kappa shape index (κ2) is 6.30. The van der Waals surface area contributed by atoms with Crippen molar-refractivity contribution < 1.29 is 9.18 Å². The molecule has 0 spiro atoms. The highest BCUT2D eigenvalue weighted by Gasteiger charge is 2.11. The monoisotopic (exact) mass is 272 g/mol. The summed E-state index contributed by atoms with van der Waals surface area (Å²) in [6.07, 6.45) is 0. The first-order valence-electron chi connectivity index (χ1n) is 6.41. The Morgan fingerprint density at radius 1 is 1.15 bits per heavy atom. The fourth-order valence-electron chi connectivity index (χ4n) is 1.92. The number of anilines is 1. The first-order chi connectivity index (χ1) is 9.60. The molecule has 1 amide bonds. The highest BCUT2D eigenvalue weighted by atomic mass is 19.1. The number of aryl methyl sites for hydroxylation is 1. The first kappa shape index (κ1) is 14.2. The van der Waals surface area contributed by atoms with Crippen LogP contribution in [0.15, 0.2) is 42.5 Å². The maximum Gasteiger partial charge on any atom is 0.258 e. The molecule has 2 aromatic rings. The van der Waals surface area contributed by atoms with Crippen LogP contribution in [-0.2, 0) is 6.54 Å². The number of carbonyl (C=O) groups is 1. The minimum atomic E-state index is -0.514. The third kappa shape index (κ3) is 3.42. The Bertz CT molecular complexity index is 608. The topological polar surface area (TPSA) is 41.1 Å². The van der Waals surface area contributed by atoms with E-state index in [1.54, 1.807) is 24.3 Å². The van der Waals surface area contributed by atoms with Crippen LogP contribution in [-0.4, -0.2) is 13.0 Å². The van der Waals surface area contributed by atoms with Gasteiger partial charge in [0.05, 0.1) is 5.56 Å². The van der Waals surface area contributed by atoms with Gasteiger partial charge in [-0.15, -0.1) is 0 Å². The van der Waals surface area contributed by atoms with Crippen molar-refractivity contribution in [2.24, 2.45) is 0 Å². The number of nitrogens with one attached hydrogen (secondary N) is 2. The number of amides is 1. The molecule has 0 radical (unpaired) electrons. The molecule has 0 atom stereocenters. The molecule has 0 aliphatic rings. The van der Waals surface area contributed by atoms with Gasteiger partial charge in [0.1, 0.15) is 5.82 Å². The number of benzene rings is 2. The van der Waals surface area contributed by atoms with E-state index in [0.29, 0.717) is 5.69 Å². The molecule has 0 bridgehead atoms. The fraction of sp³-hybridized carbons (Fsp3) is 0.188. The van der Waals surface area contributed by atoms with Crippen LogP contribution in [0.1, 0.15) is 21.5 Å². The van der Waals surface area contributed by atoms with Crippen LogP contribution in [0.25, 0.3) is 0 Å². The Hall–Kier alpha value is -2.20. The van der Waals surface area contributed by atoms with Crippen LogP contribution in [0, 0.1) is 12.7 Å². The molecule has 0 aliphatic carbocycles. The molecule has 3 nitrogen and oxygen atoms in total. The van der Waals surface area contributed by atoms with Crippen LogP contribution >= 0.6 is 0 Å². The third-order valence-corrected chi connectivity index (χ3v) is 2.96. The average molecular weight is 272 g/mol.